The number of aromatic nitrogens is 2. The van der Waals surface area contributed by atoms with Crippen LogP contribution in [-0.2, 0) is 0 Å². The van der Waals surface area contributed by atoms with Gasteiger partial charge in [0.1, 0.15) is 13.2 Å². The number of hydrogen-bond acceptors (Lipinski definition) is 4. The summed E-state index contributed by atoms with van der Waals surface area (Å²) in [6.07, 6.45) is 1.55. The van der Waals surface area contributed by atoms with E-state index >= 15 is 0 Å². The molecule has 1 aromatic heterocycles. The molecule has 0 saturated heterocycles. The summed E-state index contributed by atoms with van der Waals surface area (Å²) in [4.78, 5) is 12.5. The molecule has 1 amide bonds. The van der Waals surface area contributed by atoms with Crippen molar-refractivity contribution in [1.82, 2.24) is 15.5 Å². The first kappa shape index (κ1) is 15.4. The van der Waals surface area contributed by atoms with Crippen molar-refractivity contribution in [3.8, 4) is 11.5 Å². The first-order valence-electron chi connectivity index (χ1n) is 7.76. The van der Waals surface area contributed by atoms with Crippen molar-refractivity contribution in [3.63, 3.8) is 0 Å². The summed E-state index contributed by atoms with van der Waals surface area (Å²) >= 11 is 0. The van der Waals surface area contributed by atoms with E-state index in [4.69, 9.17) is 9.47 Å². The number of fused-ring (bicyclic) bond motifs is 1. The third kappa shape index (κ3) is 3.16. The number of aryl methyl sites for hydroxylation is 1. The van der Waals surface area contributed by atoms with Gasteiger partial charge in [-0.2, -0.15) is 5.10 Å². The molecule has 0 unspecified atom stereocenters. The van der Waals surface area contributed by atoms with Crippen molar-refractivity contribution in [3.05, 3.63) is 41.2 Å². The van der Waals surface area contributed by atoms with Gasteiger partial charge in [0.2, 0.25) is 0 Å². The predicted octanol–water partition coefficient (Wildman–Crippen LogP) is 2.62. The largest absolute Gasteiger partial charge is 0.486 e. The molecule has 1 atom stereocenters. The number of rotatable bonds is 4. The van der Waals surface area contributed by atoms with Crippen LogP contribution < -0.4 is 14.8 Å². The Labute approximate surface area is 135 Å². The molecule has 1 aromatic carbocycles. The van der Waals surface area contributed by atoms with Crippen molar-refractivity contribution < 1.29 is 14.3 Å². The van der Waals surface area contributed by atoms with Crippen molar-refractivity contribution in [2.45, 2.75) is 26.8 Å². The van der Waals surface area contributed by atoms with Crippen LogP contribution in [0.1, 0.15) is 41.5 Å². The van der Waals surface area contributed by atoms with Crippen molar-refractivity contribution in [2.75, 3.05) is 13.2 Å². The second-order valence-electron chi connectivity index (χ2n) is 6.01. The van der Waals surface area contributed by atoms with Gasteiger partial charge in [0, 0.05) is 5.69 Å². The van der Waals surface area contributed by atoms with Gasteiger partial charge >= 0.3 is 0 Å². The number of aromatic amines is 1. The quantitative estimate of drug-likeness (QED) is 0.909. The minimum Gasteiger partial charge on any atom is -0.486 e. The van der Waals surface area contributed by atoms with E-state index in [1.807, 2.05) is 25.1 Å². The Bertz CT molecular complexity index is 709. The Morgan fingerprint density at radius 3 is 2.65 bits per heavy atom. The SMILES string of the molecule is Cc1[nH]ncc1C(=O)N[C@H](c1ccc2c(c1)OCCO2)C(C)C. The molecule has 1 aliphatic heterocycles. The molecule has 6 nitrogen and oxygen atoms in total. The molecule has 0 bridgehead atoms. The highest BCUT2D eigenvalue weighted by molar-refractivity contribution is 5.95. The molecule has 3 rings (SSSR count). The molecule has 0 fully saturated rings. The van der Waals surface area contributed by atoms with E-state index < -0.39 is 0 Å². The second kappa shape index (κ2) is 6.32. The summed E-state index contributed by atoms with van der Waals surface area (Å²) in [5, 5.41) is 9.78. The van der Waals surface area contributed by atoms with Crippen LogP contribution in [-0.4, -0.2) is 29.3 Å². The van der Waals surface area contributed by atoms with Gasteiger partial charge in [0.05, 0.1) is 17.8 Å². The van der Waals surface area contributed by atoms with Crippen LogP contribution >= 0.6 is 0 Å². The Morgan fingerprint density at radius 2 is 2.00 bits per heavy atom. The summed E-state index contributed by atoms with van der Waals surface area (Å²) in [5.74, 6) is 1.58. The Hall–Kier alpha value is -2.50. The monoisotopic (exact) mass is 315 g/mol. The molecule has 6 heteroatoms. The average molecular weight is 315 g/mol. The number of H-pyrrole nitrogens is 1. The minimum atomic E-state index is -0.134. The van der Waals surface area contributed by atoms with Crippen LogP contribution in [0.4, 0.5) is 0 Å². The van der Waals surface area contributed by atoms with Gasteiger partial charge < -0.3 is 14.8 Å². The number of carbonyl (C=O) groups is 1. The number of nitrogens with one attached hydrogen (secondary N) is 2. The van der Waals surface area contributed by atoms with Gasteiger partial charge in [-0.3, -0.25) is 9.89 Å². The van der Waals surface area contributed by atoms with Gasteiger partial charge in [0.15, 0.2) is 11.5 Å². The molecular formula is C17H21N3O3. The smallest absolute Gasteiger partial charge is 0.255 e. The molecule has 2 aromatic rings. The summed E-state index contributed by atoms with van der Waals surface area (Å²) in [6, 6.07) is 5.70. The molecule has 23 heavy (non-hydrogen) atoms. The average Bonchev–Trinajstić information content (AvgIpc) is 2.98. The molecule has 0 aliphatic carbocycles. The fourth-order valence-electron chi connectivity index (χ4n) is 2.69. The topological polar surface area (TPSA) is 76.2 Å². The fourth-order valence-corrected chi connectivity index (χ4v) is 2.69. The van der Waals surface area contributed by atoms with E-state index in [1.165, 1.54) is 0 Å². The van der Waals surface area contributed by atoms with Crippen LogP contribution in [0.15, 0.2) is 24.4 Å². The lowest BCUT2D eigenvalue weighted by atomic mass is 9.95. The van der Waals surface area contributed by atoms with Crippen LogP contribution in [0.5, 0.6) is 11.5 Å². The zero-order valence-corrected chi connectivity index (χ0v) is 13.6. The lowest BCUT2D eigenvalue weighted by molar-refractivity contribution is 0.0924. The fraction of sp³-hybridized carbons (Fsp3) is 0.412. The van der Waals surface area contributed by atoms with Gasteiger partial charge in [-0.15, -0.1) is 0 Å². The highest BCUT2D eigenvalue weighted by Crippen LogP contribution is 2.34. The predicted molar refractivity (Wildman–Crippen MR) is 85.8 cm³/mol. The standard InChI is InChI=1S/C17H21N3O3/c1-10(2)16(19-17(21)13-9-18-20-11(13)3)12-4-5-14-15(8-12)23-7-6-22-14/h4-5,8-10,16H,6-7H2,1-3H3,(H,18,20)(H,19,21)/t16-/m0/s1. The maximum atomic E-state index is 12.5. The lowest BCUT2D eigenvalue weighted by Crippen LogP contribution is -2.32. The Kier molecular flexibility index (Phi) is 4.23. The zero-order chi connectivity index (χ0) is 16.4. The molecular weight excluding hydrogens is 294 g/mol. The van der Waals surface area contributed by atoms with E-state index in [9.17, 15) is 4.79 Å². The third-order valence-electron chi connectivity index (χ3n) is 3.95. The first-order chi connectivity index (χ1) is 11.1. The van der Waals surface area contributed by atoms with Crippen LogP contribution in [0.25, 0.3) is 0 Å². The number of amides is 1. The van der Waals surface area contributed by atoms with Crippen molar-refractivity contribution in [2.24, 2.45) is 5.92 Å². The molecule has 0 saturated carbocycles. The second-order valence-corrected chi connectivity index (χ2v) is 6.01. The highest BCUT2D eigenvalue weighted by Gasteiger charge is 2.23. The molecule has 0 radical (unpaired) electrons. The van der Waals surface area contributed by atoms with Gasteiger partial charge in [-0.1, -0.05) is 19.9 Å². The number of ether oxygens (including phenoxy) is 2. The highest BCUT2D eigenvalue weighted by atomic mass is 16.6. The number of benzene rings is 1. The van der Waals surface area contributed by atoms with E-state index in [1.54, 1.807) is 6.20 Å². The minimum absolute atomic E-state index is 0.118. The van der Waals surface area contributed by atoms with Crippen molar-refractivity contribution in [1.29, 1.82) is 0 Å². The van der Waals surface area contributed by atoms with Crippen LogP contribution in [0.2, 0.25) is 0 Å². The number of hydrogen-bond donors (Lipinski definition) is 2. The normalized spacial score (nSPS) is 14.6. The molecule has 2 heterocycles. The summed E-state index contributed by atoms with van der Waals surface area (Å²) in [6.45, 7) is 7.09. The Morgan fingerprint density at radius 1 is 1.26 bits per heavy atom. The molecule has 0 spiro atoms. The third-order valence-corrected chi connectivity index (χ3v) is 3.95. The van der Waals surface area contributed by atoms with E-state index in [0.717, 1.165) is 22.8 Å². The maximum Gasteiger partial charge on any atom is 0.255 e. The van der Waals surface area contributed by atoms with Gasteiger partial charge in [-0.05, 0) is 30.5 Å². The zero-order valence-electron chi connectivity index (χ0n) is 13.6. The molecule has 2 N–H and O–H groups in total. The van der Waals surface area contributed by atoms with Crippen LogP contribution in [0, 0.1) is 12.8 Å². The molecule has 1 aliphatic rings. The van der Waals surface area contributed by atoms with Crippen molar-refractivity contribution >= 4 is 5.91 Å². The molecule has 122 valence electrons. The van der Waals surface area contributed by atoms with Gasteiger partial charge in [-0.25, -0.2) is 0 Å². The lowest BCUT2D eigenvalue weighted by Gasteiger charge is -2.25. The van der Waals surface area contributed by atoms with E-state index in [0.29, 0.717) is 18.8 Å². The summed E-state index contributed by atoms with van der Waals surface area (Å²) in [7, 11) is 0. The summed E-state index contributed by atoms with van der Waals surface area (Å²) < 4.78 is 11.2. The maximum absolute atomic E-state index is 12.5. The van der Waals surface area contributed by atoms with E-state index in [2.05, 4.69) is 29.4 Å². The number of nitrogens with zero attached hydrogens (tertiary/aromatic N) is 1. The van der Waals surface area contributed by atoms with Crippen LogP contribution in [0.3, 0.4) is 0 Å². The van der Waals surface area contributed by atoms with E-state index in [-0.39, 0.29) is 17.9 Å². The Balaban J connectivity index is 1.84. The number of carbonyl (C=O) groups excluding carboxylic acids is 1. The summed E-state index contributed by atoms with van der Waals surface area (Å²) in [5.41, 5.74) is 2.32. The first-order valence-corrected chi connectivity index (χ1v) is 7.76. The van der Waals surface area contributed by atoms with Gasteiger partial charge in [0.25, 0.3) is 5.91 Å².